The first-order valence-electron chi connectivity index (χ1n) is 6.74. The van der Waals surface area contributed by atoms with Gasteiger partial charge in [0, 0.05) is 11.3 Å². The molecule has 1 aromatic heterocycles. The molecule has 2 aromatic carbocycles. The van der Waals surface area contributed by atoms with Crippen molar-refractivity contribution in [3.8, 4) is 5.69 Å². The van der Waals surface area contributed by atoms with Gasteiger partial charge in [0.15, 0.2) is 0 Å². The molecule has 106 valence electrons. The van der Waals surface area contributed by atoms with Crippen LogP contribution in [-0.4, -0.2) is 22.1 Å². The van der Waals surface area contributed by atoms with E-state index in [0.717, 1.165) is 16.7 Å². The molecule has 0 aliphatic carbocycles. The number of hydrogen-bond donors (Lipinski definition) is 1. The van der Waals surface area contributed by atoms with Gasteiger partial charge in [0.2, 0.25) is 0 Å². The average molecular weight is 281 g/mol. The fraction of sp³-hybridized carbons (Fsp3) is 0.125. The third-order valence-corrected chi connectivity index (χ3v) is 3.17. The van der Waals surface area contributed by atoms with Gasteiger partial charge in [-0.1, -0.05) is 12.1 Å². The first-order valence-corrected chi connectivity index (χ1v) is 6.74. The van der Waals surface area contributed by atoms with Gasteiger partial charge in [0.25, 0.3) is 5.91 Å². The predicted octanol–water partition coefficient (Wildman–Crippen LogP) is 2.71. The minimum atomic E-state index is -0.251. The molecule has 0 fully saturated rings. The van der Waals surface area contributed by atoms with Gasteiger partial charge in [-0.05, 0) is 43.3 Å². The minimum Gasteiger partial charge on any atom is -0.299 e. The molecule has 0 aliphatic heterocycles. The van der Waals surface area contributed by atoms with Crippen LogP contribution in [0.4, 0.5) is 0 Å². The number of aromatic nitrogens is 2. The van der Waals surface area contributed by atoms with Crippen LogP contribution in [0.1, 0.15) is 17.3 Å². The molecule has 1 heterocycles. The average Bonchev–Trinajstić information content (AvgIpc) is 2.97. The van der Waals surface area contributed by atoms with Gasteiger partial charge < -0.3 is 0 Å². The Labute approximate surface area is 122 Å². The molecule has 1 amide bonds. The van der Waals surface area contributed by atoms with Crippen LogP contribution < -0.4 is 5.48 Å². The number of nitrogens with one attached hydrogen (secondary N) is 1. The van der Waals surface area contributed by atoms with Crippen molar-refractivity contribution >= 4 is 16.9 Å². The molecule has 0 saturated heterocycles. The lowest BCUT2D eigenvalue weighted by Gasteiger charge is -2.07. The van der Waals surface area contributed by atoms with Crippen molar-refractivity contribution in [3.63, 3.8) is 0 Å². The molecular formula is C16H15N3O2. The molecule has 0 saturated carbocycles. The number of imidazole rings is 1. The van der Waals surface area contributed by atoms with Crippen molar-refractivity contribution in [2.24, 2.45) is 0 Å². The Morgan fingerprint density at radius 1 is 1.19 bits per heavy atom. The van der Waals surface area contributed by atoms with E-state index in [1.165, 1.54) is 0 Å². The number of carbonyl (C=O) groups is 1. The first kappa shape index (κ1) is 13.3. The van der Waals surface area contributed by atoms with Crippen LogP contribution in [0.15, 0.2) is 54.9 Å². The summed E-state index contributed by atoms with van der Waals surface area (Å²) in [5.74, 6) is -0.251. The van der Waals surface area contributed by atoms with Crippen LogP contribution in [-0.2, 0) is 4.84 Å². The number of fused-ring (bicyclic) bond motifs is 1. The SMILES string of the molecule is CCONC(=O)c1ccc(-n2cnc3ccccc32)cc1. The molecule has 0 atom stereocenters. The summed E-state index contributed by atoms with van der Waals surface area (Å²) in [4.78, 5) is 21.0. The number of nitrogens with zero attached hydrogens (tertiary/aromatic N) is 2. The Morgan fingerprint density at radius 2 is 1.95 bits per heavy atom. The highest BCUT2D eigenvalue weighted by atomic mass is 16.6. The van der Waals surface area contributed by atoms with E-state index in [1.807, 2.05) is 47.9 Å². The van der Waals surface area contributed by atoms with Crippen molar-refractivity contribution in [3.05, 3.63) is 60.4 Å². The van der Waals surface area contributed by atoms with Crippen molar-refractivity contribution in [2.75, 3.05) is 6.61 Å². The highest BCUT2D eigenvalue weighted by molar-refractivity contribution is 5.93. The molecule has 0 spiro atoms. The fourth-order valence-electron chi connectivity index (χ4n) is 2.13. The summed E-state index contributed by atoms with van der Waals surface area (Å²) in [6, 6.07) is 15.2. The van der Waals surface area contributed by atoms with E-state index in [2.05, 4.69) is 10.5 Å². The summed E-state index contributed by atoms with van der Waals surface area (Å²) in [6.07, 6.45) is 1.78. The van der Waals surface area contributed by atoms with E-state index in [0.29, 0.717) is 12.2 Å². The molecule has 3 aromatic rings. The third-order valence-electron chi connectivity index (χ3n) is 3.17. The maximum atomic E-state index is 11.8. The Morgan fingerprint density at radius 3 is 2.71 bits per heavy atom. The molecule has 0 bridgehead atoms. The lowest BCUT2D eigenvalue weighted by Crippen LogP contribution is -2.23. The molecule has 3 rings (SSSR count). The van der Waals surface area contributed by atoms with Crippen molar-refractivity contribution in [1.82, 2.24) is 15.0 Å². The number of hydroxylamine groups is 1. The Hall–Kier alpha value is -2.66. The Balaban J connectivity index is 1.89. The number of para-hydroxylation sites is 2. The van der Waals surface area contributed by atoms with E-state index in [4.69, 9.17) is 4.84 Å². The second kappa shape index (κ2) is 5.76. The predicted molar refractivity (Wildman–Crippen MR) is 80.2 cm³/mol. The highest BCUT2D eigenvalue weighted by Gasteiger charge is 2.07. The summed E-state index contributed by atoms with van der Waals surface area (Å²) in [5.41, 5.74) is 5.85. The lowest BCUT2D eigenvalue weighted by atomic mass is 10.2. The normalized spacial score (nSPS) is 10.7. The zero-order chi connectivity index (χ0) is 14.7. The highest BCUT2D eigenvalue weighted by Crippen LogP contribution is 2.18. The monoisotopic (exact) mass is 281 g/mol. The van der Waals surface area contributed by atoms with E-state index < -0.39 is 0 Å². The number of amides is 1. The summed E-state index contributed by atoms with van der Waals surface area (Å²) < 4.78 is 1.99. The van der Waals surface area contributed by atoms with Crippen LogP contribution in [0.3, 0.4) is 0 Å². The van der Waals surface area contributed by atoms with Crippen LogP contribution in [0.5, 0.6) is 0 Å². The van der Waals surface area contributed by atoms with E-state index in [-0.39, 0.29) is 5.91 Å². The summed E-state index contributed by atoms with van der Waals surface area (Å²) >= 11 is 0. The largest absolute Gasteiger partial charge is 0.299 e. The van der Waals surface area contributed by atoms with Gasteiger partial charge in [-0.15, -0.1) is 0 Å². The molecule has 0 aliphatic rings. The standard InChI is InChI=1S/C16H15N3O2/c1-2-21-18-16(20)12-7-9-13(10-8-12)19-11-17-14-5-3-4-6-15(14)19/h3-11H,2H2,1H3,(H,18,20). The zero-order valence-corrected chi connectivity index (χ0v) is 11.6. The molecule has 5 nitrogen and oxygen atoms in total. The number of carbonyl (C=O) groups excluding carboxylic acids is 1. The lowest BCUT2D eigenvalue weighted by molar-refractivity contribution is 0.0364. The topological polar surface area (TPSA) is 56.1 Å². The zero-order valence-electron chi connectivity index (χ0n) is 11.6. The smallest absolute Gasteiger partial charge is 0.274 e. The Bertz CT molecular complexity index is 763. The number of hydrogen-bond acceptors (Lipinski definition) is 3. The third kappa shape index (κ3) is 2.64. The van der Waals surface area contributed by atoms with E-state index >= 15 is 0 Å². The van der Waals surface area contributed by atoms with Crippen LogP contribution >= 0.6 is 0 Å². The summed E-state index contributed by atoms with van der Waals surface area (Å²) in [7, 11) is 0. The van der Waals surface area contributed by atoms with E-state index in [1.54, 1.807) is 18.5 Å². The second-order valence-corrected chi connectivity index (χ2v) is 4.51. The fourth-order valence-corrected chi connectivity index (χ4v) is 2.13. The van der Waals surface area contributed by atoms with Crippen LogP contribution in [0.25, 0.3) is 16.7 Å². The molecule has 0 radical (unpaired) electrons. The minimum absolute atomic E-state index is 0.251. The molecule has 1 N–H and O–H groups in total. The maximum Gasteiger partial charge on any atom is 0.274 e. The van der Waals surface area contributed by atoms with Gasteiger partial charge in [0.1, 0.15) is 6.33 Å². The van der Waals surface area contributed by atoms with Crippen LogP contribution in [0, 0.1) is 0 Å². The van der Waals surface area contributed by atoms with Gasteiger partial charge in [-0.25, -0.2) is 10.5 Å². The van der Waals surface area contributed by atoms with Gasteiger partial charge in [-0.2, -0.15) is 0 Å². The van der Waals surface area contributed by atoms with Crippen molar-refractivity contribution in [2.45, 2.75) is 6.92 Å². The van der Waals surface area contributed by atoms with E-state index in [9.17, 15) is 4.79 Å². The maximum absolute atomic E-state index is 11.8. The molecule has 5 heteroatoms. The summed E-state index contributed by atoms with van der Waals surface area (Å²) in [5, 5.41) is 0. The second-order valence-electron chi connectivity index (χ2n) is 4.51. The molecule has 21 heavy (non-hydrogen) atoms. The quantitative estimate of drug-likeness (QED) is 0.748. The number of benzene rings is 2. The molecular weight excluding hydrogens is 266 g/mol. The first-order chi connectivity index (χ1) is 10.3. The summed E-state index contributed by atoms with van der Waals surface area (Å²) in [6.45, 7) is 2.25. The number of rotatable bonds is 4. The van der Waals surface area contributed by atoms with Crippen LogP contribution in [0.2, 0.25) is 0 Å². The molecule has 0 unspecified atom stereocenters. The Kier molecular flexibility index (Phi) is 3.66. The van der Waals surface area contributed by atoms with Gasteiger partial charge in [0.05, 0.1) is 17.6 Å². The van der Waals surface area contributed by atoms with Gasteiger partial charge in [-0.3, -0.25) is 14.2 Å². The van der Waals surface area contributed by atoms with Crippen molar-refractivity contribution in [1.29, 1.82) is 0 Å². The van der Waals surface area contributed by atoms with Crippen molar-refractivity contribution < 1.29 is 9.63 Å². The van der Waals surface area contributed by atoms with Gasteiger partial charge >= 0.3 is 0 Å².